The van der Waals surface area contributed by atoms with Gasteiger partial charge in [-0.05, 0) is 57.8 Å². The Morgan fingerprint density at radius 3 is 1.11 bits per heavy atom. The fourth-order valence-electron chi connectivity index (χ4n) is 12.7. The van der Waals surface area contributed by atoms with E-state index in [4.69, 9.17) is 18.9 Å². The number of aliphatic hydroxyl groups is 8. The molecule has 1 amide bonds. The Labute approximate surface area is 556 Å². The van der Waals surface area contributed by atoms with Crippen LogP contribution in [0, 0.1) is 0 Å². The average molecular weight is 1290 g/mol. The number of hydrogen-bond acceptors (Lipinski definition) is 13. The largest absolute Gasteiger partial charge is 0.394 e. The summed E-state index contributed by atoms with van der Waals surface area (Å²) >= 11 is 0. The second kappa shape index (κ2) is 61.5. The van der Waals surface area contributed by atoms with Gasteiger partial charge < -0.3 is 65.1 Å². The number of unbranched alkanes of at least 4 members (excludes halogenated alkanes) is 45. The van der Waals surface area contributed by atoms with E-state index >= 15 is 0 Å². The number of allylic oxidation sites excluding steroid dienone is 7. The number of nitrogens with one attached hydrogen (secondary N) is 1. The molecule has 0 aromatic heterocycles. The summed E-state index contributed by atoms with van der Waals surface area (Å²) in [5.74, 6) is -0.234. The predicted octanol–water partition coefficient (Wildman–Crippen LogP) is 16.6. The molecule has 12 unspecified atom stereocenters. The van der Waals surface area contributed by atoms with Gasteiger partial charge in [-0.15, -0.1) is 0 Å². The first-order valence-electron chi connectivity index (χ1n) is 38.4. The smallest absolute Gasteiger partial charge is 0.220 e. The van der Waals surface area contributed by atoms with Gasteiger partial charge in [-0.25, -0.2) is 0 Å². The summed E-state index contributed by atoms with van der Waals surface area (Å²) in [6.07, 6.45) is 64.6. The number of amides is 1. The first-order chi connectivity index (χ1) is 44.6. The Balaban J connectivity index is 1.63. The minimum absolute atomic E-state index is 0.234. The van der Waals surface area contributed by atoms with Crippen molar-refractivity contribution in [3.8, 4) is 0 Å². The second-order valence-electron chi connectivity index (χ2n) is 27.1. The van der Waals surface area contributed by atoms with Crippen molar-refractivity contribution in [2.75, 3.05) is 19.8 Å². The third-order valence-electron chi connectivity index (χ3n) is 18.8. The van der Waals surface area contributed by atoms with Crippen molar-refractivity contribution < 1.29 is 64.6 Å². The molecule has 2 rings (SSSR count). The minimum atomic E-state index is -1.79. The molecular weight excluding hydrogens is 1150 g/mol. The van der Waals surface area contributed by atoms with Crippen molar-refractivity contribution in [3.05, 3.63) is 48.6 Å². The van der Waals surface area contributed by atoms with E-state index in [0.29, 0.717) is 6.42 Å². The summed E-state index contributed by atoms with van der Waals surface area (Å²) in [6, 6.07) is -0.916. The maximum absolute atomic E-state index is 13.4. The van der Waals surface area contributed by atoms with Crippen LogP contribution in [0.5, 0.6) is 0 Å². The molecule has 2 aliphatic rings. The van der Waals surface area contributed by atoms with Crippen LogP contribution in [0.25, 0.3) is 0 Å². The van der Waals surface area contributed by atoms with Crippen LogP contribution in [0.3, 0.4) is 0 Å². The zero-order chi connectivity index (χ0) is 65.9. The highest BCUT2D eigenvalue weighted by atomic mass is 16.7. The number of ether oxygens (including phenoxy) is 4. The molecule has 0 aromatic carbocycles. The third-order valence-corrected chi connectivity index (χ3v) is 18.8. The number of carbonyl (C=O) groups is 1. The second-order valence-corrected chi connectivity index (χ2v) is 27.1. The number of rotatable bonds is 64. The predicted molar refractivity (Wildman–Crippen MR) is 374 cm³/mol. The molecule has 2 heterocycles. The van der Waals surface area contributed by atoms with Gasteiger partial charge in [0, 0.05) is 6.42 Å². The van der Waals surface area contributed by atoms with Crippen LogP contribution in [0.2, 0.25) is 0 Å². The summed E-state index contributed by atoms with van der Waals surface area (Å²) < 4.78 is 22.9. The van der Waals surface area contributed by atoms with Crippen LogP contribution < -0.4 is 5.32 Å². The molecule has 0 bridgehead atoms. The Morgan fingerprint density at radius 1 is 0.396 bits per heavy atom. The lowest BCUT2D eigenvalue weighted by atomic mass is 9.97. The van der Waals surface area contributed by atoms with Crippen LogP contribution in [0.4, 0.5) is 0 Å². The standard InChI is InChI=1S/C77H143NO13/c1-3-5-7-9-11-13-15-17-19-21-23-25-27-29-30-31-32-33-34-35-36-37-39-41-43-45-47-49-51-53-55-57-59-61-69(82)78-65(64-88-76-74(87)72(85)75(68(63-80)90-76)91-77-73(86)71(84)70(83)67(62-79)89-77)66(81)60-58-56-54-52-50-48-46-44-42-40-38-28-26-24-22-20-18-16-14-12-10-8-6-4-2/h15,17,21,23,27,29,58,60,65-68,70-77,79-81,83-87H,3-14,16,18-20,22,24-26,28,30-57,59,61-64H2,1-2H3,(H,78,82)/b17-15-,23-21-,29-27-,60-58+. The highest BCUT2D eigenvalue weighted by molar-refractivity contribution is 5.76. The number of hydrogen-bond donors (Lipinski definition) is 9. The Kier molecular flexibility index (Phi) is 57.5. The monoisotopic (exact) mass is 1290 g/mol. The summed E-state index contributed by atoms with van der Waals surface area (Å²) in [6.45, 7) is 2.84. The van der Waals surface area contributed by atoms with Gasteiger partial charge >= 0.3 is 0 Å². The van der Waals surface area contributed by atoms with E-state index < -0.39 is 86.8 Å². The van der Waals surface area contributed by atoms with Crippen LogP contribution in [0.1, 0.15) is 341 Å². The van der Waals surface area contributed by atoms with Crippen molar-refractivity contribution in [1.82, 2.24) is 5.32 Å². The van der Waals surface area contributed by atoms with E-state index in [1.165, 1.54) is 263 Å². The van der Waals surface area contributed by atoms with E-state index in [1.807, 2.05) is 6.08 Å². The van der Waals surface area contributed by atoms with Crippen LogP contribution in [-0.2, 0) is 23.7 Å². The van der Waals surface area contributed by atoms with E-state index in [2.05, 4.69) is 55.6 Å². The molecule has 0 spiro atoms. The molecule has 0 saturated carbocycles. The van der Waals surface area contributed by atoms with E-state index in [-0.39, 0.29) is 18.9 Å². The highest BCUT2D eigenvalue weighted by Gasteiger charge is 2.51. The fourth-order valence-corrected chi connectivity index (χ4v) is 12.7. The van der Waals surface area contributed by atoms with Gasteiger partial charge in [0.05, 0.1) is 32.0 Å². The maximum atomic E-state index is 13.4. The molecule has 91 heavy (non-hydrogen) atoms. The Morgan fingerprint density at radius 2 is 0.725 bits per heavy atom. The SMILES string of the molecule is CCCCCCC/C=C\C/C=C\C/C=C\CCCCCCCCCCCCCCCCCCCCC(=O)NC(COC1OC(CO)C(OC2OC(CO)C(O)C(O)C2O)C(O)C1O)C(O)/C=C/CCCCCCCCCCCCCCCCCCCCCCCC. The number of aliphatic hydroxyl groups excluding tert-OH is 8. The van der Waals surface area contributed by atoms with Gasteiger partial charge in [0.2, 0.25) is 5.91 Å². The van der Waals surface area contributed by atoms with Crippen LogP contribution in [0.15, 0.2) is 48.6 Å². The quantitative estimate of drug-likeness (QED) is 0.0204. The number of carbonyl (C=O) groups excluding carboxylic acids is 1. The Bertz CT molecular complexity index is 1710. The highest BCUT2D eigenvalue weighted by Crippen LogP contribution is 2.30. The summed E-state index contributed by atoms with van der Waals surface area (Å²) in [7, 11) is 0. The summed E-state index contributed by atoms with van der Waals surface area (Å²) in [5.41, 5.74) is 0. The first kappa shape index (κ1) is 85.0. The van der Waals surface area contributed by atoms with Crippen molar-refractivity contribution in [3.63, 3.8) is 0 Å². The van der Waals surface area contributed by atoms with Crippen molar-refractivity contribution >= 4 is 5.91 Å². The van der Waals surface area contributed by atoms with Gasteiger partial charge in [0.1, 0.15) is 48.8 Å². The molecule has 0 aromatic rings. The topological polar surface area (TPSA) is 228 Å². The fraction of sp³-hybridized carbons (Fsp3) is 0.883. The Hall–Kier alpha value is -2.05. The average Bonchev–Trinajstić information content (AvgIpc) is 1.28. The third kappa shape index (κ3) is 45.2. The molecule has 0 radical (unpaired) electrons. The zero-order valence-corrected chi connectivity index (χ0v) is 58.3. The molecule has 2 fully saturated rings. The molecule has 9 N–H and O–H groups in total. The van der Waals surface area contributed by atoms with Crippen LogP contribution in [-0.4, -0.2) is 140 Å². The molecule has 14 nitrogen and oxygen atoms in total. The molecular formula is C77H143NO13. The molecule has 534 valence electrons. The van der Waals surface area contributed by atoms with Crippen molar-refractivity contribution in [1.29, 1.82) is 0 Å². The normalized spacial score (nSPS) is 23.0. The van der Waals surface area contributed by atoms with Gasteiger partial charge in [0.15, 0.2) is 12.6 Å². The molecule has 2 saturated heterocycles. The molecule has 2 aliphatic heterocycles. The maximum Gasteiger partial charge on any atom is 0.220 e. The first-order valence-corrected chi connectivity index (χ1v) is 38.4. The van der Waals surface area contributed by atoms with Gasteiger partial charge in [-0.2, -0.15) is 0 Å². The summed E-state index contributed by atoms with van der Waals surface area (Å²) in [4.78, 5) is 13.4. The lowest BCUT2D eigenvalue weighted by molar-refractivity contribution is -0.359. The molecule has 0 aliphatic carbocycles. The lowest BCUT2D eigenvalue weighted by Gasteiger charge is -2.46. The van der Waals surface area contributed by atoms with E-state index in [1.54, 1.807) is 6.08 Å². The van der Waals surface area contributed by atoms with Crippen molar-refractivity contribution in [2.45, 2.75) is 415 Å². The van der Waals surface area contributed by atoms with Crippen LogP contribution >= 0.6 is 0 Å². The zero-order valence-electron chi connectivity index (χ0n) is 58.3. The van der Waals surface area contributed by atoms with Crippen molar-refractivity contribution in [2.24, 2.45) is 0 Å². The van der Waals surface area contributed by atoms with Gasteiger partial charge in [0.25, 0.3) is 0 Å². The van der Waals surface area contributed by atoms with Gasteiger partial charge in [-0.3, -0.25) is 4.79 Å². The van der Waals surface area contributed by atoms with E-state index in [9.17, 15) is 45.6 Å². The van der Waals surface area contributed by atoms with E-state index in [0.717, 1.165) is 51.4 Å². The van der Waals surface area contributed by atoms with Gasteiger partial charge in [-0.1, -0.05) is 326 Å². The molecule has 12 atom stereocenters. The minimum Gasteiger partial charge on any atom is -0.394 e. The molecule has 14 heteroatoms. The summed E-state index contributed by atoms with van der Waals surface area (Å²) in [5, 5.41) is 87.6. The lowest BCUT2D eigenvalue weighted by Crippen LogP contribution is -2.65.